The van der Waals surface area contributed by atoms with Crippen LogP contribution in [0, 0.1) is 0 Å². The van der Waals surface area contributed by atoms with Crippen molar-refractivity contribution in [2.75, 3.05) is 13.2 Å². The summed E-state index contributed by atoms with van der Waals surface area (Å²) in [5.74, 6) is 1.29. The first-order chi connectivity index (χ1) is 9.24. The van der Waals surface area contributed by atoms with Crippen LogP contribution in [0.15, 0.2) is 22.7 Å². The molecule has 3 rings (SSSR count). The van der Waals surface area contributed by atoms with Gasteiger partial charge in [0.2, 0.25) is 0 Å². The minimum Gasteiger partial charge on any atom is -0.507 e. The van der Waals surface area contributed by atoms with Gasteiger partial charge in [0.05, 0.1) is 5.56 Å². The van der Waals surface area contributed by atoms with Gasteiger partial charge in [-0.15, -0.1) is 0 Å². The monoisotopic (exact) mass is 280 g/mol. The van der Waals surface area contributed by atoms with Crippen molar-refractivity contribution in [3.63, 3.8) is 0 Å². The fourth-order valence-electron chi connectivity index (χ4n) is 2.15. The number of benzene rings is 1. The maximum absolute atomic E-state index is 9.80. The number of phenolic OH excluding ortho intramolecular Hbond substituents is 1. The van der Waals surface area contributed by atoms with Gasteiger partial charge >= 0.3 is 0 Å². The van der Waals surface area contributed by atoms with Gasteiger partial charge in [0.25, 0.3) is 5.89 Å². The van der Waals surface area contributed by atoms with E-state index in [1.54, 1.807) is 12.1 Å². The highest BCUT2D eigenvalue weighted by molar-refractivity contribution is 6.30. The maximum Gasteiger partial charge on any atom is 0.261 e. The molecule has 0 saturated carbocycles. The van der Waals surface area contributed by atoms with Crippen LogP contribution < -0.4 is 0 Å². The summed E-state index contributed by atoms with van der Waals surface area (Å²) in [6.45, 7) is 1.44. The van der Waals surface area contributed by atoms with Crippen molar-refractivity contribution >= 4 is 11.6 Å². The molecule has 1 aromatic heterocycles. The van der Waals surface area contributed by atoms with E-state index in [0.717, 1.165) is 26.1 Å². The second kappa shape index (κ2) is 5.19. The van der Waals surface area contributed by atoms with Crippen LogP contribution in [0.1, 0.15) is 24.6 Å². The number of halogens is 1. The maximum atomic E-state index is 9.80. The first kappa shape index (κ1) is 12.4. The zero-order valence-corrected chi connectivity index (χ0v) is 10.9. The van der Waals surface area contributed by atoms with E-state index in [1.165, 1.54) is 6.07 Å². The van der Waals surface area contributed by atoms with Gasteiger partial charge in [-0.05, 0) is 31.0 Å². The van der Waals surface area contributed by atoms with Crippen molar-refractivity contribution in [2.45, 2.75) is 18.8 Å². The van der Waals surface area contributed by atoms with Crippen molar-refractivity contribution in [2.24, 2.45) is 0 Å². The van der Waals surface area contributed by atoms with Gasteiger partial charge in [-0.25, -0.2) is 0 Å². The Morgan fingerprint density at radius 2 is 2.05 bits per heavy atom. The topological polar surface area (TPSA) is 68.4 Å². The normalized spacial score (nSPS) is 16.7. The predicted octanol–water partition coefficient (Wildman–Crippen LogP) is 2.99. The summed E-state index contributed by atoms with van der Waals surface area (Å²) >= 11 is 5.90. The summed E-state index contributed by atoms with van der Waals surface area (Å²) in [6, 6.07) is 4.73. The van der Waals surface area contributed by atoms with E-state index in [-0.39, 0.29) is 11.7 Å². The minimum atomic E-state index is 0.0755. The highest BCUT2D eigenvalue weighted by atomic mass is 35.5. The van der Waals surface area contributed by atoms with E-state index in [9.17, 15) is 5.11 Å². The highest BCUT2D eigenvalue weighted by Gasteiger charge is 2.22. The molecule has 0 bridgehead atoms. The third-order valence-corrected chi connectivity index (χ3v) is 3.45. The van der Waals surface area contributed by atoms with Gasteiger partial charge in [-0.1, -0.05) is 16.8 Å². The van der Waals surface area contributed by atoms with E-state index >= 15 is 0 Å². The van der Waals surface area contributed by atoms with Crippen molar-refractivity contribution in [3.05, 3.63) is 29.0 Å². The van der Waals surface area contributed by atoms with Gasteiger partial charge in [0.15, 0.2) is 5.82 Å². The Morgan fingerprint density at radius 1 is 1.26 bits per heavy atom. The van der Waals surface area contributed by atoms with Gasteiger partial charge in [-0.3, -0.25) is 0 Å². The predicted molar refractivity (Wildman–Crippen MR) is 69.2 cm³/mol. The Balaban J connectivity index is 1.89. The quantitative estimate of drug-likeness (QED) is 0.916. The molecule has 0 radical (unpaired) electrons. The van der Waals surface area contributed by atoms with E-state index in [1.807, 2.05) is 0 Å². The summed E-state index contributed by atoms with van der Waals surface area (Å²) in [5, 5.41) is 14.3. The molecule has 1 aliphatic rings. The molecule has 1 aliphatic heterocycles. The Labute approximate surface area is 115 Å². The van der Waals surface area contributed by atoms with Crippen molar-refractivity contribution < 1.29 is 14.4 Å². The molecule has 0 unspecified atom stereocenters. The van der Waals surface area contributed by atoms with Crippen LogP contribution in [0.4, 0.5) is 0 Å². The molecule has 0 amide bonds. The summed E-state index contributed by atoms with van der Waals surface area (Å²) in [5.41, 5.74) is 0.457. The second-order valence-corrected chi connectivity index (χ2v) is 4.94. The Kier molecular flexibility index (Phi) is 3.40. The average molecular weight is 281 g/mol. The Bertz CT molecular complexity index is 579. The average Bonchev–Trinajstić information content (AvgIpc) is 2.92. The fourth-order valence-corrected chi connectivity index (χ4v) is 2.32. The Morgan fingerprint density at radius 3 is 2.84 bits per heavy atom. The first-order valence-electron chi connectivity index (χ1n) is 6.14. The van der Waals surface area contributed by atoms with Crippen LogP contribution in [-0.4, -0.2) is 28.5 Å². The van der Waals surface area contributed by atoms with Gasteiger partial charge in [-0.2, -0.15) is 4.98 Å². The molecule has 2 aromatic rings. The molecular formula is C13H13ClN2O3. The number of aromatic nitrogens is 2. The molecule has 100 valence electrons. The largest absolute Gasteiger partial charge is 0.507 e. The van der Waals surface area contributed by atoms with E-state index in [2.05, 4.69) is 10.1 Å². The number of hydrogen-bond acceptors (Lipinski definition) is 5. The van der Waals surface area contributed by atoms with Crippen LogP contribution in [0.3, 0.4) is 0 Å². The minimum absolute atomic E-state index is 0.0755. The lowest BCUT2D eigenvalue weighted by Crippen LogP contribution is -2.15. The molecule has 1 N–H and O–H groups in total. The lowest BCUT2D eigenvalue weighted by Gasteiger charge is -2.18. The fraction of sp³-hybridized carbons (Fsp3) is 0.385. The van der Waals surface area contributed by atoms with Crippen LogP contribution in [0.25, 0.3) is 11.5 Å². The standard InChI is InChI=1S/C13H13ClN2O3/c14-9-1-2-11(17)10(7-9)13-15-12(16-19-13)8-3-5-18-6-4-8/h1-2,7-8,17H,3-6H2. The molecule has 1 fully saturated rings. The summed E-state index contributed by atoms with van der Waals surface area (Å²) in [7, 11) is 0. The first-order valence-corrected chi connectivity index (χ1v) is 6.52. The molecule has 1 aromatic carbocycles. The summed E-state index contributed by atoms with van der Waals surface area (Å²) in [4.78, 5) is 4.35. The van der Waals surface area contributed by atoms with Gasteiger partial charge in [0, 0.05) is 24.2 Å². The summed E-state index contributed by atoms with van der Waals surface area (Å²) < 4.78 is 10.5. The van der Waals surface area contributed by atoms with Crippen LogP contribution in [0.5, 0.6) is 5.75 Å². The molecule has 5 nitrogen and oxygen atoms in total. The SMILES string of the molecule is Oc1ccc(Cl)cc1-c1nc(C2CCOCC2)no1. The number of rotatable bonds is 2. The number of nitrogens with zero attached hydrogens (tertiary/aromatic N) is 2. The number of phenols is 1. The van der Waals surface area contributed by atoms with Crippen molar-refractivity contribution in [1.29, 1.82) is 0 Å². The zero-order valence-electron chi connectivity index (χ0n) is 10.2. The van der Waals surface area contributed by atoms with E-state index in [0.29, 0.717) is 22.3 Å². The molecule has 0 atom stereocenters. The number of hydrogen-bond donors (Lipinski definition) is 1. The Hall–Kier alpha value is -1.59. The van der Waals surface area contributed by atoms with Crippen molar-refractivity contribution in [3.8, 4) is 17.2 Å². The molecule has 1 saturated heterocycles. The van der Waals surface area contributed by atoms with Crippen LogP contribution in [-0.2, 0) is 4.74 Å². The van der Waals surface area contributed by atoms with Crippen LogP contribution >= 0.6 is 11.6 Å². The molecule has 0 spiro atoms. The molecule has 0 aliphatic carbocycles. The third kappa shape index (κ3) is 2.57. The number of ether oxygens (including phenoxy) is 1. The smallest absolute Gasteiger partial charge is 0.261 e. The van der Waals surface area contributed by atoms with Gasteiger partial charge in [0.1, 0.15) is 5.75 Å². The van der Waals surface area contributed by atoms with Crippen molar-refractivity contribution in [1.82, 2.24) is 10.1 Å². The lowest BCUT2D eigenvalue weighted by atomic mass is 10.00. The molecule has 2 heterocycles. The zero-order chi connectivity index (χ0) is 13.2. The summed E-state index contributed by atoms with van der Waals surface area (Å²) in [6.07, 6.45) is 1.78. The van der Waals surface area contributed by atoms with Crippen LogP contribution in [0.2, 0.25) is 5.02 Å². The van der Waals surface area contributed by atoms with Gasteiger partial charge < -0.3 is 14.4 Å². The molecule has 6 heteroatoms. The lowest BCUT2D eigenvalue weighted by molar-refractivity contribution is 0.0830. The number of aromatic hydroxyl groups is 1. The third-order valence-electron chi connectivity index (χ3n) is 3.22. The second-order valence-electron chi connectivity index (χ2n) is 4.51. The molecule has 19 heavy (non-hydrogen) atoms. The molecular weight excluding hydrogens is 268 g/mol. The van der Waals surface area contributed by atoms with E-state index in [4.69, 9.17) is 20.9 Å². The highest BCUT2D eigenvalue weighted by Crippen LogP contribution is 2.32. The van der Waals surface area contributed by atoms with E-state index < -0.39 is 0 Å².